The largest absolute Gasteiger partial charge is 0.503 e. The number of furan rings is 1. The molecule has 4 rings (SSSR count). The highest BCUT2D eigenvalue weighted by atomic mass is 32.1. The number of aliphatic hydroxyl groups is 1. The van der Waals surface area contributed by atoms with E-state index < -0.39 is 29.3 Å². The Hall–Kier alpha value is -3.19. The first kappa shape index (κ1) is 16.3. The molecule has 5 nitrogen and oxygen atoms in total. The molecule has 0 fully saturated rings. The number of nitrogens with zero attached hydrogens (tertiary/aromatic N) is 1. The van der Waals surface area contributed by atoms with Crippen LogP contribution < -0.4 is 4.90 Å². The Kier molecular flexibility index (Phi) is 3.93. The smallest absolute Gasteiger partial charge is 0.294 e. The van der Waals surface area contributed by atoms with Crippen LogP contribution in [0.3, 0.4) is 0 Å². The summed E-state index contributed by atoms with van der Waals surface area (Å²) in [5, 5.41) is 12.2. The minimum Gasteiger partial charge on any atom is -0.503 e. The molecule has 130 valence electrons. The van der Waals surface area contributed by atoms with Crippen molar-refractivity contribution in [3.63, 3.8) is 0 Å². The van der Waals surface area contributed by atoms with E-state index in [-0.39, 0.29) is 17.0 Å². The van der Waals surface area contributed by atoms with Gasteiger partial charge < -0.3 is 9.52 Å². The third kappa shape index (κ3) is 2.53. The minimum absolute atomic E-state index is 0.0157. The Labute approximate surface area is 151 Å². The molecule has 1 unspecified atom stereocenters. The summed E-state index contributed by atoms with van der Waals surface area (Å²) in [4.78, 5) is 27.5. The van der Waals surface area contributed by atoms with Crippen molar-refractivity contribution in [1.82, 2.24) is 0 Å². The summed E-state index contributed by atoms with van der Waals surface area (Å²) in [7, 11) is 0. The molecule has 0 bridgehead atoms. The van der Waals surface area contributed by atoms with Gasteiger partial charge in [-0.25, -0.2) is 4.39 Å². The minimum atomic E-state index is -0.859. The van der Waals surface area contributed by atoms with Crippen LogP contribution >= 0.6 is 11.3 Å². The number of aliphatic hydroxyl groups excluding tert-OH is 1. The van der Waals surface area contributed by atoms with Crippen LogP contribution in [-0.4, -0.2) is 16.8 Å². The lowest BCUT2D eigenvalue weighted by atomic mass is 10.00. The second-order valence-corrected chi connectivity index (χ2v) is 6.62. The van der Waals surface area contributed by atoms with Gasteiger partial charge in [0.25, 0.3) is 5.91 Å². The number of benzene rings is 1. The van der Waals surface area contributed by atoms with Crippen LogP contribution in [0.25, 0.3) is 0 Å². The Balaban J connectivity index is 1.87. The quantitative estimate of drug-likeness (QED) is 0.698. The molecule has 1 aliphatic rings. The number of ketones is 1. The van der Waals surface area contributed by atoms with Crippen molar-refractivity contribution in [2.45, 2.75) is 6.04 Å². The molecular formula is C19H12FNO4S. The van der Waals surface area contributed by atoms with Crippen molar-refractivity contribution in [3.8, 4) is 0 Å². The molecule has 2 aromatic heterocycles. The standard InChI is InChI=1S/C19H12FNO4S/c20-11-4-1-5-12(10-11)21-16(14-7-3-9-26-14)15(18(23)19(21)24)17(22)13-6-2-8-25-13/h1-10,16,23H. The van der Waals surface area contributed by atoms with Crippen molar-refractivity contribution < 1.29 is 23.5 Å². The monoisotopic (exact) mass is 369 g/mol. The van der Waals surface area contributed by atoms with Gasteiger partial charge in [0, 0.05) is 10.6 Å². The third-order valence-corrected chi connectivity index (χ3v) is 5.02. The molecule has 0 radical (unpaired) electrons. The van der Waals surface area contributed by atoms with Crippen LogP contribution in [0.5, 0.6) is 0 Å². The lowest BCUT2D eigenvalue weighted by Gasteiger charge is -2.25. The van der Waals surface area contributed by atoms with Crippen molar-refractivity contribution in [2.75, 3.05) is 4.90 Å². The number of anilines is 1. The number of hydrogen-bond acceptors (Lipinski definition) is 5. The van der Waals surface area contributed by atoms with Crippen molar-refractivity contribution >= 4 is 28.7 Å². The number of carbonyl (C=O) groups excluding carboxylic acids is 2. The summed E-state index contributed by atoms with van der Waals surface area (Å²) in [5.41, 5.74) is 0.166. The maximum atomic E-state index is 13.7. The van der Waals surface area contributed by atoms with Gasteiger partial charge in [-0.1, -0.05) is 12.1 Å². The van der Waals surface area contributed by atoms with Gasteiger partial charge in [0.2, 0.25) is 5.78 Å². The molecule has 0 saturated heterocycles. The lowest BCUT2D eigenvalue weighted by molar-refractivity contribution is -0.117. The van der Waals surface area contributed by atoms with Crippen molar-refractivity contribution in [1.29, 1.82) is 0 Å². The first-order chi connectivity index (χ1) is 12.6. The SMILES string of the molecule is O=C(C1=C(O)C(=O)N(c2cccc(F)c2)C1c1cccs1)c1ccco1. The summed E-state index contributed by atoms with van der Waals surface area (Å²) in [5.74, 6) is -2.51. The highest BCUT2D eigenvalue weighted by Gasteiger charge is 2.45. The molecule has 26 heavy (non-hydrogen) atoms. The van der Waals surface area contributed by atoms with Gasteiger partial charge in [0.1, 0.15) is 11.9 Å². The normalized spacial score (nSPS) is 17.2. The predicted octanol–water partition coefficient (Wildman–Crippen LogP) is 4.26. The first-order valence-corrected chi connectivity index (χ1v) is 8.59. The summed E-state index contributed by atoms with van der Waals surface area (Å²) in [6, 6.07) is 11.1. The van der Waals surface area contributed by atoms with Gasteiger partial charge in [-0.3, -0.25) is 14.5 Å². The Bertz CT molecular complexity index is 1010. The molecule has 3 heterocycles. The molecule has 1 N–H and O–H groups in total. The van der Waals surface area contributed by atoms with Crippen molar-refractivity contribution in [2.24, 2.45) is 0 Å². The van der Waals surface area contributed by atoms with Gasteiger partial charge in [0.15, 0.2) is 11.5 Å². The zero-order chi connectivity index (χ0) is 18.3. The highest BCUT2D eigenvalue weighted by molar-refractivity contribution is 7.10. The number of halogens is 1. The first-order valence-electron chi connectivity index (χ1n) is 7.72. The van der Waals surface area contributed by atoms with Crippen LogP contribution in [-0.2, 0) is 4.79 Å². The number of thiophene rings is 1. The second kappa shape index (κ2) is 6.27. The molecule has 1 aromatic carbocycles. The molecule has 0 spiro atoms. The second-order valence-electron chi connectivity index (χ2n) is 5.64. The Morgan fingerprint density at radius 3 is 2.69 bits per heavy atom. The lowest BCUT2D eigenvalue weighted by Crippen LogP contribution is -2.30. The molecule has 0 saturated carbocycles. The van der Waals surface area contributed by atoms with E-state index in [1.54, 1.807) is 29.6 Å². The summed E-state index contributed by atoms with van der Waals surface area (Å²) in [6.45, 7) is 0. The van der Waals surface area contributed by atoms with Gasteiger partial charge in [0.05, 0.1) is 11.8 Å². The van der Waals surface area contributed by atoms with Crippen LogP contribution in [0.1, 0.15) is 21.5 Å². The van der Waals surface area contributed by atoms with E-state index >= 15 is 0 Å². The van der Waals surface area contributed by atoms with Crippen LogP contribution in [0.15, 0.2) is 75.9 Å². The third-order valence-electron chi connectivity index (χ3n) is 4.10. The summed E-state index contributed by atoms with van der Waals surface area (Å²) >= 11 is 1.33. The molecule has 7 heteroatoms. The summed E-state index contributed by atoms with van der Waals surface area (Å²) < 4.78 is 18.8. The number of amides is 1. The zero-order valence-electron chi connectivity index (χ0n) is 13.3. The maximum absolute atomic E-state index is 13.7. The van der Waals surface area contributed by atoms with Crippen LogP contribution in [0.2, 0.25) is 0 Å². The molecule has 1 aliphatic heterocycles. The fraction of sp³-hybridized carbons (Fsp3) is 0.0526. The van der Waals surface area contributed by atoms with E-state index in [2.05, 4.69) is 0 Å². The van der Waals surface area contributed by atoms with Crippen LogP contribution in [0.4, 0.5) is 10.1 Å². The Morgan fingerprint density at radius 1 is 1.19 bits per heavy atom. The van der Waals surface area contributed by atoms with E-state index in [0.717, 1.165) is 0 Å². The molecule has 1 amide bonds. The Morgan fingerprint density at radius 2 is 2.04 bits per heavy atom. The summed E-state index contributed by atoms with van der Waals surface area (Å²) in [6.07, 6.45) is 1.34. The number of rotatable bonds is 4. The zero-order valence-corrected chi connectivity index (χ0v) is 14.1. The van der Waals surface area contributed by atoms with Gasteiger partial charge in [-0.05, 0) is 41.8 Å². The van der Waals surface area contributed by atoms with Gasteiger partial charge in [-0.15, -0.1) is 11.3 Å². The average molecular weight is 369 g/mol. The predicted molar refractivity (Wildman–Crippen MR) is 93.6 cm³/mol. The fourth-order valence-corrected chi connectivity index (χ4v) is 3.81. The van der Waals surface area contributed by atoms with E-state index in [1.807, 2.05) is 0 Å². The van der Waals surface area contributed by atoms with E-state index in [0.29, 0.717) is 4.88 Å². The van der Waals surface area contributed by atoms with Crippen molar-refractivity contribution in [3.05, 3.63) is 88.0 Å². The topological polar surface area (TPSA) is 70.8 Å². The molecular weight excluding hydrogens is 357 g/mol. The highest BCUT2D eigenvalue weighted by Crippen LogP contribution is 2.43. The molecule has 0 aliphatic carbocycles. The van der Waals surface area contributed by atoms with Gasteiger partial charge >= 0.3 is 0 Å². The number of carbonyl (C=O) groups is 2. The molecule has 1 atom stereocenters. The van der Waals surface area contributed by atoms with E-state index in [1.165, 1.54) is 46.8 Å². The van der Waals surface area contributed by atoms with Crippen LogP contribution in [0, 0.1) is 5.82 Å². The fourth-order valence-electron chi connectivity index (χ4n) is 2.99. The van der Waals surface area contributed by atoms with Gasteiger partial charge in [-0.2, -0.15) is 0 Å². The maximum Gasteiger partial charge on any atom is 0.294 e. The number of hydrogen-bond donors (Lipinski definition) is 1. The van der Waals surface area contributed by atoms with E-state index in [4.69, 9.17) is 4.42 Å². The van der Waals surface area contributed by atoms with E-state index in [9.17, 15) is 19.1 Å². The molecule has 3 aromatic rings. The number of Topliss-reactive ketones (excluding diaryl/α,β-unsaturated/α-hetero) is 1. The average Bonchev–Trinajstić information content (AvgIpc) is 3.36.